The molecule has 3 heterocycles. The molecule has 0 radical (unpaired) electrons. The smallest absolute Gasteiger partial charge is 0.0948 e. The van der Waals surface area contributed by atoms with Crippen LogP contribution in [0.1, 0.15) is 23.7 Å². The summed E-state index contributed by atoms with van der Waals surface area (Å²) in [6, 6.07) is 2.21. The number of nitrogens with zero attached hydrogens (tertiary/aromatic N) is 2. The molecule has 4 nitrogen and oxygen atoms in total. The van der Waals surface area contributed by atoms with E-state index in [0.29, 0.717) is 5.92 Å². The lowest BCUT2D eigenvalue weighted by Crippen LogP contribution is -2.24. The highest BCUT2D eigenvalue weighted by molar-refractivity contribution is 7.07. The second kappa shape index (κ2) is 5.86. The van der Waals surface area contributed by atoms with Crippen molar-refractivity contribution < 1.29 is 4.74 Å². The number of ether oxygens (including phenoxy) is 1. The highest BCUT2D eigenvalue weighted by atomic mass is 32.1. The molecule has 0 amide bonds. The van der Waals surface area contributed by atoms with Crippen molar-refractivity contribution in [1.29, 1.82) is 0 Å². The Morgan fingerprint density at radius 3 is 3.26 bits per heavy atom. The topological polar surface area (TPSA) is 53.1 Å². The maximum absolute atomic E-state index is 6.36. The first kappa shape index (κ1) is 12.8. The fraction of sp³-hybridized carbons (Fsp3) is 0.500. The minimum atomic E-state index is 0.0347. The largest absolute Gasteiger partial charge is 0.381 e. The van der Waals surface area contributed by atoms with E-state index in [1.165, 1.54) is 5.56 Å². The highest BCUT2D eigenvalue weighted by Crippen LogP contribution is 2.26. The molecule has 2 atom stereocenters. The van der Waals surface area contributed by atoms with Crippen LogP contribution in [0.15, 0.2) is 29.4 Å². The fourth-order valence-corrected chi connectivity index (χ4v) is 3.26. The zero-order valence-corrected chi connectivity index (χ0v) is 11.7. The van der Waals surface area contributed by atoms with Gasteiger partial charge in [-0.15, -0.1) is 0 Å². The van der Waals surface area contributed by atoms with E-state index in [1.54, 1.807) is 11.3 Å². The van der Waals surface area contributed by atoms with Crippen LogP contribution in [0.25, 0.3) is 0 Å². The van der Waals surface area contributed by atoms with Gasteiger partial charge in [-0.2, -0.15) is 11.3 Å². The van der Waals surface area contributed by atoms with Gasteiger partial charge in [-0.05, 0) is 35.2 Å². The average molecular weight is 277 g/mol. The van der Waals surface area contributed by atoms with E-state index in [0.717, 1.165) is 38.3 Å². The quantitative estimate of drug-likeness (QED) is 0.911. The SMILES string of the molecule is NC(c1cncn1CCc1ccsc1)C1CCOC1. The molecule has 5 heteroatoms. The lowest BCUT2D eigenvalue weighted by Gasteiger charge is -2.19. The Labute approximate surface area is 117 Å². The van der Waals surface area contributed by atoms with Gasteiger partial charge in [0.1, 0.15) is 0 Å². The standard InChI is InChI=1S/C14H19N3OS/c15-14(12-2-5-18-8-12)13-7-16-10-17(13)4-1-11-3-6-19-9-11/h3,6-7,9-10,12,14H,1-2,4-5,8,15H2. The van der Waals surface area contributed by atoms with Crippen LogP contribution in [0.3, 0.4) is 0 Å². The zero-order valence-electron chi connectivity index (χ0n) is 10.9. The Kier molecular flexibility index (Phi) is 3.96. The molecular weight excluding hydrogens is 258 g/mol. The second-order valence-electron chi connectivity index (χ2n) is 5.04. The lowest BCUT2D eigenvalue weighted by atomic mass is 9.97. The Morgan fingerprint density at radius 2 is 2.53 bits per heavy atom. The number of rotatable bonds is 5. The third-order valence-electron chi connectivity index (χ3n) is 3.78. The summed E-state index contributed by atoms with van der Waals surface area (Å²) >= 11 is 1.74. The van der Waals surface area contributed by atoms with E-state index in [-0.39, 0.29) is 6.04 Å². The van der Waals surface area contributed by atoms with Crippen LogP contribution < -0.4 is 5.73 Å². The maximum Gasteiger partial charge on any atom is 0.0948 e. The Morgan fingerprint density at radius 1 is 1.58 bits per heavy atom. The predicted molar refractivity (Wildman–Crippen MR) is 76.1 cm³/mol. The molecule has 1 aliphatic rings. The monoisotopic (exact) mass is 277 g/mol. The third kappa shape index (κ3) is 2.88. The van der Waals surface area contributed by atoms with E-state index >= 15 is 0 Å². The van der Waals surface area contributed by atoms with E-state index in [9.17, 15) is 0 Å². The van der Waals surface area contributed by atoms with Crippen LogP contribution in [0, 0.1) is 5.92 Å². The van der Waals surface area contributed by atoms with E-state index in [2.05, 4.69) is 26.4 Å². The molecule has 1 aliphatic heterocycles. The molecule has 2 aromatic rings. The summed E-state index contributed by atoms with van der Waals surface area (Å²) in [5, 5.41) is 4.31. The number of hydrogen-bond donors (Lipinski definition) is 1. The normalized spacial score (nSPS) is 20.8. The van der Waals surface area contributed by atoms with Gasteiger partial charge in [-0.1, -0.05) is 0 Å². The van der Waals surface area contributed by atoms with Gasteiger partial charge in [0.15, 0.2) is 0 Å². The molecular formula is C14H19N3OS. The fourth-order valence-electron chi connectivity index (χ4n) is 2.56. The summed E-state index contributed by atoms with van der Waals surface area (Å²) in [5.74, 6) is 0.427. The molecule has 102 valence electrons. The van der Waals surface area contributed by atoms with Crippen molar-refractivity contribution in [1.82, 2.24) is 9.55 Å². The van der Waals surface area contributed by atoms with Crippen molar-refractivity contribution in [3.8, 4) is 0 Å². The summed E-state index contributed by atoms with van der Waals surface area (Å²) in [4.78, 5) is 4.26. The lowest BCUT2D eigenvalue weighted by molar-refractivity contribution is 0.180. The van der Waals surface area contributed by atoms with Gasteiger partial charge >= 0.3 is 0 Å². The summed E-state index contributed by atoms with van der Waals surface area (Å²) < 4.78 is 7.61. The first-order valence-electron chi connectivity index (χ1n) is 6.69. The van der Waals surface area contributed by atoms with E-state index in [1.807, 2.05) is 12.5 Å². The van der Waals surface area contributed by atoms with Crippen LogP contribution in [0.2, 0.25) is 0 Å². The Bertz CT molecular complexity index is 503. The Hall–Kier alpha value is -1.17. The van der Waals surface area contributed by atoms with Gasteiger partial charge in [0.2, 0.25) is 0 Å². The highest BCUT2D eigenvalue weighted by Gasteiger charge is 2.26. The summed E-state index contributed by atoms with van der Waals surface area (Å²) in [6.07, 6.45) is 5.87. The molecule has 2 N–H and O–H groups in total. The van der Waals surface area contributed by atoms with Crippen molar-refractivity contribution in [2.24, 2.45) is 11.7 Å². The molecule has 0 saturated carbocycles. The molecule has 3 rings (SSSR count). The zero-order chi connectivity index (χ0) is 13.1. The van der Waals surface area contributed by atoms with Gasteiger partial charge < -0.3 is 15.0 Å². The number of imidazole rings is 1. The summed E-state index contributed by atoms with van der Waals surface area (Å²) in [6.45, 7) is 2.55. The van der Waals surface area contributed by atoms with E-state index in [4.69, 9.17) is 10.5 Å². The number of aryl methyl sites for hydroxylation is 2. The minimum absolute atomic E-state index is 0.0347. The number of thiophene rings is 1. The maximum atomic E-state index is 6.36. The molecule has 0 spiro atoms. The molecule has 2 unspecified atom stereocenters. The van der Waals surface area contributed by atoms with Crippen LogP contribution in [-0.2, 0) is 17.7 Å². The average Bonchev–Trinajstić information content (AvgIpc) is 3.16. The first-order chi connectivity index (χ1) is 9.34. The van der Waals surface area contributed by atoms with Crippen LogP contribution in [0.5, 0.6) is 0 Å². The molecule has 19 heavy (non-hydrogen) atoms. The molecule has 1 saturated heterocycles. The molecule has 1 fully saturated rings. The number of hydrogen-bond acceptors (Lipinski definition) is 4. The van der Waals surface area contributed by atoms with Gasteiger partial charge in [-0.3, -0.25) is 0 Å². The number of nitrogens with two attached hydrogens (primary N) is 1. The second-order valence-corrected chi connectivity index (χ2v) is 5.82. The molecule has 0 aromatic carbocycles. The van der Waals surface area contributed by atoms with Crippen molar-refractivity contribution in [3.05, 3.63) is 40.6 Å². The van der Waals surface area contributed by atoms with Gasteiger partial charge in [0, 0.05) is 25.3 Å². The van der Waals surface area contributed by atoms with Gasteiger partial charge in [0.25, 0.3) is 0 Å². The predicted octanol–water partition coefficient (Wildman–Crippen LogP) is 2.22. The third-order valence-corrected chi connectivity index (χ3v) is 4.51. The molecule has 2 aromatic heterocycles. The minimum Gasteiger partial charge on any atom is -0.381 e. The van der Waals surface area contributed by atoms with E-state index < -0.39 is 0 Å². The molecule has 0 bridgehead atoms. The number of aromatic nitrogens is 2. The Balaban J connectivity index is 1.67. The van der Waals surface area contributed by atoms with Crippen molar-refractivity contribution in [2.75, 3.05) is 13.2 Å². The molecule has 0 aliphatic carbocycles. The van der Waals surface area contributed by atoms with Crippen LogP contribution >= 0.6 is 11.3 Å². The first-order valence-corrected chi connectivity index (χ1v) is 7.63. The van der Waals surface area contributed by atoms with Crippen LogP contribution in [0.4, 0.5) is 0 Å². The summed E-state index contributed by atoms with van der Waals surface area (Å²) in [7, 11) is 0. The van der Waals surface area contributed by atoms with Crippen molar-refractivity contribution in [2.45, 2.75) is 25.4 Å². The van der Waals surface area contributed by atoms with Gasteiger partial charge in [-0.25, -0.2) is 4.98 Å². The van der Waals surface area contributed by atoms with Gasteiger partial charge in [0.05, 0.1) is 24.7 Å². The summed E-state index contributed by atoms with van der Waals surface area (Å²) in [5.41, 5.74) is 8.86. The van der Waals surface area contributed by atoms with Crippen molar-refractivity contribution in [3.63, 3.8) is 0 Å². The van der Waals surface area contributed by atoms with Crippen LogP contribution in [-0.4, -0.2) is 22.8 Å². The van der Waals surface area contributed by atoms with Crippen molar-refractivity contribution >= 4 is 11.3 Å².